The Morgan fingerprint density at radius 2 is 2.15 bits per heavy atom. The number of ether oxygens (including phenoxy) is 1. The summed E-state index contributed by atoms with van der Waals surface area (Å²) in [5.74, 6) is -0.606. The van der Waals surface area contributed by atoms with Gasteiger partial charge in [-0.15, -0.1) is 0 Å². The number of furan rings is 1. The van der Waals surface area contributed by atoms with Crippen molar-refractivity contribution in [3.05, 3.63) is 35.8 Å². The van der Waals surface area contributed by atoms with Gasteiger partial charge >= 0.3 is 5.97 Å². The summed E-state index contributed by atoms with van der Waals surface area (Å²) in [6.07, 6.45) is 6.19. The number of hydrogen-bond acceptors (Lipinski definition) is 6. The van der Waals surface area contributed by atoms with E-state index < -0.39 is 16.9 Å². The average Bonchev–Trinajstić information content (AvgIpc) is 3.28. The van der Waals surface area contributed by atoms with E-state index in [1.807, 2.05) is 13.0 Å². The molecule has 3 aliphatic rings. The summed E-state index contributed by atoms with van der Waals surface area (Å²) in [5, 5.41) is 31.2. The highest BCUT2D eigenvalue weighted by molar-refractivity contribution is 5.81. The summed E-state index contributed by atoms with van der Waals surface area (Å²) in [6.45, 7) is 1.47. The number of rotatable bonds is 3. The zero-order valence-corrected chi connectivity index (χ0v) is 14.9. The summed E-state index contributed by atoms with van der Waals surface area (Å²) >= 11 is 0. The first-order valence-electron chi connectivity index (χ1n) is 9.33. The van der Waals surface area contributed by atoms with Gasteiger partial charge in [-0.3, -0.25) is 4.79 Å². The van der Waals surface area contributed by atoms with Gasteiger partial charge in [-0.05, 0) is 42.7 Å². The summed E-state index contributed by atoms with van der Waals surface area (Å²) in [4.78, 5) is 13.2. The maximum absolute atomic E-state index is 13.2. The van der Waals surface area contributed by atoms with Crippen LogP contribution in [0.3, 0.4) is 0 Å². The highest BCUT2D eigenvalue weighted by Crippen LogP contribution is 2.65. The second-order valence-corrected chi connectivity index (χ2v) is 8.06. The molecule has 1 aromatic heterocycles. The zero-order valence-electron chi connectivity index (χ0n) is 14.9. The van der Waals surface area contributed by atoms with Gasteiger partial charge in [0.05, 0.1) is 37.3 Å². The highest BCUT2D eigenvalue weighted by Gasteiger charge is 2.68. The minimum absolute atomic E-state index is 0.0791. The number of aliphatic hydroxyl groups is 3. The minimum Gasteiger partial charge on any atom is -0.472 e. The number of carbonyl (C=O) groups is 1. The third kappa shape index (κ3) is 2.12. The summed E-state index contributed by atoms with van der Waals surface area (Å²) in [7, 11) is 0. The predicted molar refractivity (Wildman–Crippen MR) is 91.8 cm³/mol. The van der Waals surface area contributed by atoms with E-state index in [1.54, 1.807) is 18.6 Å². The van der Waals surface area contributed by atoms with Gasteiger partial charge in [0.15, 0.2) is 0 Å². The first kappa shape index (κ1) is 17.8. The van der Waals surface area contributed by atoms with E-state index in [1.165, 1.54) is 0 Å². The molecule has 6 heteroatoms. The Hall–Kier alpha value is -1.63. The number of fused-ring (bicyclic) bond motifs is 2. The standard InChI is InChI=1S/C20H26O6/c1-12-7-17(23)20(11-22)14(9-21)3-2-4-16(20)19(12)8-15(26-18(19)24)13-5-6-25-10-13/h3,5-6,10,12,15-17,21-23H,2,4,7-9,11H2,1H3/t12-,15-,16-,17-,19-,20+/m1/s1. The molecule has 3 N–H and O–H groups in total. The molecular formula is C20H26O6. The SMILES string of the molecule is C[C@@H]1C[C@@H](O)[C@@]2(CO)C(CO)=CCC[C@@H]2[C@@]12C[C@H](c1ccoc1)OC2=O. The van der Waals surface area contributed by atoms with Gasteiger partial charge < -0.3 is 24.5 Å². The predicted octanol–water partition coefficient (Wildman–Crippen LogP) is 1.96. The van der Waals surface area contributed by atoms with Crippen molar-refractivity contribution in [2.75, 3.05) is 13.2 Å². The number of aliphatic hydroxyl groups excluding tert-OH is 3. The van der Waals surface area contributed by atoms with Gasteiger partial charge in [-0.1, -0.05) is 13.0 Å². The van der Waals surface area contributed by atoms with Crippen LogP contribution in [0.15, 0.2) is 34.7 Å². The Bertz CT molecular complexity index is 710. The second-order valence-electron chi connectivity index (χ2n) is 8.06. The van der Waals surface area contributed by atoms with Gasteiger partial charge in [-0.2, -0.15) is 0 Å². The van der Waals surface area contributed by atoms with Crippen LogP contribution < -0.4 is 0 Å². The third-order valence-electron chi connectivity index (χ3n) is 7.24. The van der Waals surface area contributed by atoms with Crippen molar-refractivity contribution < 1.29 is 29.3 Å². The minimum atomic E-state index is -0.982. The van der Waals surface area contributed by atoms with Crippen molar-refractivity contribution >= 4 is 5.97 Å². The molecule has 2 fully saturated rings. The van der Waals surface area contributed by atoms with E-state index in [0.29, 0.717) is 31.3 Å². The fraction of sp³-hybridized carbons (Fsp3) is 0.650. The van der Waals surface area contributed by atoms with Crippen molar-refractivity contribution in [1.82, 2.24) is 0 Å². The van der Waals surface area contributed by atoms with E-state index >= 15 is 0 Å². The molecule has 0 unspecified atom stereocenters. The first-order chi connectivity index (χ1) is 12.5. The molecule has 142 valence electrons. The average molecular weight is 362 g/mol. The fourth-order valence-electron chi connectivity index (χ4n) is 5.89. The van der Waals surface area contributed by atoms with E-state index in [2.05, 4.69) is 0 Å². The molecule has 6 atom stereocenters. The lowest BCUT2D eigenvalue weighted by Gasteiger charge is -2.58. The number of esters is 1. The summed E-state index contributed by atoms with van der Waals surface area (Å²) in [5.41, 5.74) is -0.283. The number of allylic oxidation sites excluding steroid dienone is 1. The lowest BCUT2D eigenvalue weighted by Crippen LogP contribution is -2.62. The van der Waals surface area contributed by atoms with E-state index in [4.69, 9.17) is 9.15 Å². The van der Waals surface area contributed by atoms with Crippen LogP contribution in [0.2, 0.25) is 0 Å². The van der Waals surface area contributed by atoms with Crippen LogP contribution in [-0.4, -0.2) is 40.6 Å². The monoisotopic (exact) mass is 362 g/mol. The van der Waals surface area contributed by atoms with Gasteiger partial charge in [0.1, 0.15) is 6.10 Å². The van der Waals surface area contributed by atoms with Crippen LogP contribution in [0, 0.1) is 22.7 Å². The van der Waals surface area contributed by atoms with Crippen LogP contribution in [-0.2, 0) is 9.53 Å². The Morgan fingerprint density at radius 3 is 2.81 bits per heavy atom. The quantitative estimate of drug-likeness (QED) is 0.561. The van der Waals surface area contributed by atoms with Crippen molar-refractivity contribution in [2.45, 2.75) is 44.8 Å². The van der Waals surface area contributed by atoms with Gasteiger partial charge in [0, 0.05) is 17.4 Å². The van der Waals surface area contributed by atoms with Crippen molar-refractivity contribution in [3.8, 4) is 0 Å². The smallest absolute Gasteiger partial charge is 0.313 e. The highest BCUT2D eigenvalue weighted by atomic mass is 16.6. The third-order valence-corrected chi connectivity index (χ3v) is 7.24. The number of carbonyl (C=O) groups excluding carboxylic acids is 1. The lowest BCUT2D eigenvalue weighted by molar-refractivity contribution is -0.179. The van der Waals surface area contributed by atoms with Crippen molar-refractivity contribution in [2.24, 2.45) is 22.7 Å². The fourth-order valence-corrected chi connectivity index (χ4v) is 5.89. The molecule has 1 saturated carbocycles. The molecule has 0 aromatic carbocycles. The van der Waals surface area contributed by atoms with Gasteiger partial charge in [-0.25, -0.2) is 0 Å². The zero-order chi connectivity index (χ0) is 18.5. The van der Waals surface area contributed by atoms with Crippen LogP contribution in [0.4, 0.5) is 0 Å². The molecule has 0 amide bonds. The maximum atomic E-state index is 13.2. The number of hydrogen-bond donors (Lipinski definition) is 3. The molecule has 1 aliphatic heterocycles. The molecule has 1 spiro atoms. The van der Waals surface area contributed by atoms with Gasteiger partial charge in [0.2, 0.25) is 0 Å². The van der Waals surface area contributed by atoms with Crippen LogP contribution >= 0.6 is 0 Å². The Morgan fingerprint density at radius 1 is 1.35 bits per heavy atom. The van der Waals surface area contributed by atoms with Crippen molar-refractivity contribution in [3.63, 3.8) is 0 Å². The van der Waals surface area contributed by atoms with Crippen LogP contribution in [0.25, 0.3) is 0 Å². The molecule has 0 bridgehead atoms. The molecule has 1 saturated heterocycles. The Balaban J connectivity index is 1.81. The van der Waals surface area contributed by atoms with E-state index in [-0.39, 0.29) is 37.1 Å². The maximum Gasteiger partial charge on any atom is 0.313 e. The molecule has 2 aliphatic carbocycles. The summed E-state index contributed by atoms with van der Waals surface area (Å²) < 4.78 is 10.9. The molecule has 26 heavy (non-hydrogen) atoms. The summed E-state index contributed by atoms with van der Waals surface area (Å²) in [6, 6.07) is 1.80. The molecule has 2 heterocycles. The van der Waals surface area contributed by atoms with Gasteiger partial charge in [0.25, 0.3) is 0 Å². The first-order valence-corrected chi connectivity index (χ1v) is 9.33. The second kappa shape index (κ2) is 6.22. The van der Waals surface area contributed by atoms with E-state index in [9.17, 15) is 20.1 Å². The Labute approximate surface area is 152 Å². The largest absolute Gasteiger partial charge is 0.472 e. The van der Waals surface area contributed by atoms with E-state index in [0.717, 1.165) is 5.56 Å². The van der Waals surface area contributed by atoms with Crippen LogP contribution in [0.5, 0.6) is 0 Å². The topological polar surface area (TPSA) is 100 Å². The molecule has 1 aromatic rings. The van der Waals surface area contributed by atoms with Crippen molar-refractivity contribution in [1.29, 1.82) is 0 Å². The molecule has 0 radical (unpaired) electrons. The molecule has 4 rings (SSSR count). The Kier molecular flexibility index (Phi) is 4.25. The molecular weight excluding hydrogens is 336 g/mol. The molecule has 6 nitrogen and oxygen atoms in total. The normalized spacial score (nSPS) is 42.5. The lowest BCUT2D eigenvalue weighted by atomic mass is 9.45. The number of cyclic esters (lactones) is 1. The van der Waals surface area contributed by atoms with Crippen LogP contribution in [0.1, 0.15) is 44.3 Å².